The number of nitrogens with zero attached hydrogens (tertiary/aromatic N) is 2. The number of benzene rings is 2. The number of hydrogen-bond acceptors (Lipinski definition) is 3. The largest absolute Gasteiger partial charge is 0.366 e. The van der Waals surface area contributed by atoms with Crippen LogP contribution in [0.1, 0.15) is 45.9 Å². The number of likely N-dealkylation sites (tertiary alicyclic amines) is 1. The zero-order valence-corrected chi connectivity index (χ0v) is 16.9. The van der Waals surface area contributed by atoms with E-state index in [4.69, 9.17) is 5.73 Å². The highest BCUT2D eigenvalue weighted by atomic mass is 19.1. The van der Waals surface area contributed by atoms with E-state index in [1.165, 1.54) is 12.1 Å². The lowest BCUT2D eigenvalue weighted by Gasteiger charge is -2.33. The minimum Gasteiger partial charge on any atom is -0.366 e. The molecule has 6 heteroatoms. The Kier molecular flexibility index (Phi) is 5.48. The summed E-state index contributed by atoms with van der Waals surface area (Å²) in [5.41, 5.74) is 9.25. The Balaban J connectivity index is 1.59. The van der Waals surface area contributed by atoms with Crippen molar-refractivity contribution in [2.24, 2.45) is 5.73 Å². The van der Waals surface area contributed by atoms with Crippen LogP contribution in [0.25, 0.3) is 10.9 Å². The number of carbonyl (C=O) groups is 2. The van der Waals surface area contributed by atoms with Gasteiger partial charge in [-0.15, -0.1) is 0 Å². The Morgan fingerprint density at radius 3 is 2.67 bits per heavy atom. The summed E-state index contributed by atoms with van der Waals surface area (Å²) in [4.78, 5) is 31.4. The molecule has 1 atom stereocenters. The lowest BCUT2D eigenvalue weighted by atomic mass is 9.90. The summed E-state index contributed by atoms with van der Waals surface area (Å²) < 4.78 is 13.6. The van der Waals surface area contributed by atoms with Gasteiger partial charge in [-0.2, -0.15) is 0 Å². The standard InChI is InChI=1S/C24H24FN3O2/c1-15-4-6-16(7-5-15)11-22(29)28-10-2-3-17(14-28)23-20(24(26)30)13-18-12-19(25)8-9-21(18)27-23/h4-9,12-13,17H,2-3,10-11,14H2,1H3,(H2,26,30)/t17-/m1/s1. The molecule has 1 aliphatic rings. The number of pyridine rings is 1. The molecular formula is C24H24FN3O2. The first-order valence-electron chi connectivity index (χ1n) is 10.1. The van der Waals surface area contributed by atoms with Crippen molar-refractivity contribution in [3.63, 3.8) is 0 Å². The number of rotatable bonds is 4. The van der Waals surface area contributed by atoms with Crippen molar-refractivity contribution < 1.29 is 14.0 Å². The molecule has 0 aliphatic carbocycles. The van der Waals surface area contributed by atoms with Gasteiger partial charge < -0.3 is 10.6 Å². The van der Waals surface area contributed by atoms with Gasteiger partial charge in [0.25, 0.3) is 5.91 Å². The monoisotopic (exact) mass is 405 g/mol. The molecule has 2 amide bonds. The molecule has 0 bridgehead atoms. The van der Waals surface area contributed by atoms with Gasteiger partial charge in [-0.25, -0.2) is 4.39 Å². The Morgan fingerprint density at radius 2 is 1.93 bits per heavy atom. The van der Waals surface area contributed by atoms with Gasteiger partial charge in [0.15, 0.2) is 0 Å². The van der Waals surface area contributed by atoms with E-state index >= 15 is 0 Å². The predicted molar refractivity (Wildman–Crippen MR) is 114 cm³/mol. The van der Waals surface area contributed by atoms with Crippen molar-refractivity contribution in [1.29, 1.82) is 0 Å². The molecule has 0 spiro atoms. The minimum atomic E-state index is -0.591. The second-order valence-electron chi connectivity index (χ2n) is 7.96. The van der Waals surface area contributed by atoms with Gasteiger partial charge in [0.2, 0.25) is 5.91 Å². The maximum atomic E-state index is 13.6. The Labute approximate surface area is 174 Å². The van der Waals surface area contributed by atoms with Gasteiger partial charge in [-0.1, -0.05) is 29.8 Å². The van der Waals surface area contributed by atoms with Crippen LogP contribution in [0.4, 0.5) is 4.39 Å². The van der Waals surface area contributed by atoms with Crippen molar-refractivity contribution in [3.8, 4) is 0 Å². The molecule has 4 rings (SSSR count). The van der Waals surface area contributed by atoms with Gasteiger partial charge in [-0.3, -0.25) is 14.6 Å². The van der Waals surface area contributed by atoms with E-state index in [9.17, 15) is 14.0 Å². The van der Waals surface area contributed by atoms with Crippen LogP contribution in [-0.2, 0) is 11.2 Å². The van der Waals surface area contributed by atoms with E-state index in [2.05, 4.69) is 4.98 Å². The van der Waals surface area contributed by atoms with Gasteiger partial charge >= 0.3 is 0 Å². The molecule has 2 aromatic carbocycles. The lowest BCUT2D eigenvalue weighted by molar-refractivity contribution is -0.131. The average molecular weight is 405 g/mol. The molecule has 1 fully saturated rings. The number of amides is 2. The van der Waals surface area contributed by atoms with Crippen LogP contribution in [0.15, 0.2) is 48.5 Å². The quantitative estimate of drug-likeness (QED) is 0.719. The summed E-state index contributed by atoms with van der Waals surface area (Å²) in [6.07, 6.45) is 1.99. The van der Waals surface area contributed by atoms with E-state index in [0.717, 1.165) is 24.0 Å². The van der Waals surface area contributed by atoms with Crippen LogP contribution >= 0.6 is 0 Å². The average Bonchev–Trinajstić information content (AvgIpc) is 2.74. The number of piperidine rings is 1. The van der Waals surface area contributed by atoms with Crippen molar-refractivity contribution in [2.45, 2.75) is 32.1 Å². The highest BCUT2D eigenvalue weighted by Crippen LogP contribution is 2.30. The summed E-state index contributed by atoms with van der Waals surface area (Å²) in [5.74, 6) is -1.01. The van der Waals surface area contributed by atoms with Crippen LogP contribution < -0.4 is 5.73 Å². The summed E-state index contributed by atoms with van der Waals surface area (Å²) >= 11 is 0. The second kappa shape index (κ2) is 8.22. The maximum absolute atomic E-state index is 13.6. The molecule has 0 radical (unpaired) electrons. The Hall–Kier alpha value is -3.28. The van der Waals surface area contributed by atoms with Gasteiger partial charge in [-0.05, 0) is 49.6 Å². The van der Waals surface area contributed by atoms with Crippen molar-refractivity contribution >= 4 is 22.7 Å². The molecule has 2 N–H and O–H groups in total. The molecule has 0 saturated carbocycles. The number of nitrogens with two attached hydrogens (primary N) is 1. The highest BCUT2D eigenvalue weighted by molar-refractivity contribution is 5.98. The second-order valence-corrected chi connectivity index (χ2v) is 7.96. The highest BCUT2D eigenvalue weighted by Gasteiger charge is 2.28. The van der Waals surface area contributed by atoms with Gasteiger partial charge in [0.05, 0.1) is 23.2 Å². The molecule has 1 saturated heterocycles. The third-order valence-electron chi connectivity index (χ3n) is 5.71. The third-order valence-corrected chi connectivity index (χ3v) is 5.71. The first-order valence-corrected chi connectivity index (χ1v) is 10.1. The number of primary amides is 1. The van der Waals surface area contributed by atoms with Crippen molar-refractivity contribution in [1.82, 2.24) is 9.88 Å². The molecular weight excluding hydrogens is 381 g/mol. The lowest BCUT2D eigenvalue weighted by Crippen LogP contribution is -2.40. The number of aromatic nitrogens is 1. The van der Waals surface area contributed by atoms with Crippen LogP contribution in [0.5, 0.6) is 0 Å². The zero-order valence-electron chi connectivity index (χ0n) is 16.9. The fourth-order valence-electron chi connectivity index (χ4n) is 4.09. The summed E-state index contributed by atoms with van der Waals surface area (Å²) in [5, 5.41) is 0.538. The fourth-order valence-corrected chi connectivity index (χ4v) is 4.09. The van der Waals surface area contributed by atoms with Crippen molar-refractivity contribution in [2.75, 3.05) is 13.1 Å². The third kappa shape index (κ3) is 4.17. The van der Waals surface area contributed by atoms with Crippen LogP contribution in [-0.4, -0.2) is 34.8 Å². The van der Waals surface area contributed by atoms with Crippen LogP contribution in [0, 0.1) is 12.7 Å². The van der Waals surface area contributed by atoms with E-state index in [1.807, 2.05) is 36.1 Å². The zero-order chi connectivity index (χ0) is 21.3. The summed E-state index contributed by atoms with van der Waals surface area (Å²) in [6, 6.07) is 13.9. The molecule has 3 aromatic rings. The molecule has 30 heavy (non-hydrogen) atoms. The minimum absolute atomic E-state index is 0.0621. The first-order chi connectivity index (χ1) is 14.4. The number of fused-ring (bicyclic) bond motifs is 1. The number of hydrogen-bond donors (Lipinski definition) is 1. The molecule has 5 nitrogen and oxygen atoms in total. The normalized spacial score (nSPS) is 16.6. The van der Waals surface area contributed by atoms with E-state index in [1.54, 1.807) is 12.1 Å². The van der Waals surface area contributed by atoms with Gasteiger partial charge in [0.1, 0.15) is 5.82 Å². The summed E-state index contributed by atoms with van der Waals surface area (Å²) in [6.45, 7) is 3.19. The van der Waals surface area contributed by atoms with Crippen molar-refractivity contribution in [3.05, 3.63) is 76.7 Å². The smallest absolute Gasteiger partial charge is 0.250 e. The van der Waals surface area contributed by atoms with E-state index in [-0.39, 0.29) is 11.8 Å². The Morgan fingerprint density at radius 1 is 1.17 bits per heavy atom. The summed E-state index contributed by atoms with van der Waals surface area (Å²) in [7, 11) is 0. The fraction of sp³-hybridized carbons (Fsp3) is 0.292. The number of halogens is 1. The topological polar surface area (TPSA) is 76.3 Å². The van der Waals surface area contributed by atoms with Crippen LogP contribution in [0.3, 0.4) is 0 Å². The molecule has 154 valence electrons. The first kappa shape index (κ1) is 20.0. The van der Waals surface area contributed by atoms with Gasteiger partial charge in [0, 0.05) is 24.4 Å². The molecule has 1 aromatic heterocycles. The number of aryl methyl sites for hydroxylation is 1. The maximum Gasteiger partial charge on any atom is 0.250 e. The number of carbonyl (C=O) groups excluding carboxylic acids is 2. The van der Waals surface area contributed by atoms with Crippen LogP contribution in [0.2, 0.25) is 0 Å². The van der Waals surface area contributed by atoms with E-state index < -0.39 is 11.7 Å². The SMILES string of the molecule is Cc1ccc(CC(=O)N2CCC[C@@H](c3nc4ccc(F)cc4cc3C(N)=O)C2)cc1. The molecule has 1 aliphatic heterocycles. The molecule has 0 unspecified atom stereocenters. The van der Waals surface area contributed by atoms with E-state index in [0.29, 0.717) is 41.7 Å². The predicted octanol–water partition coefficient (Wildman–Crippen LogP) is 3.73. The Bertz CT molecular complexity index is 1110. The molecule has 2 heterocycles.